The molecule has 0 spiro atoms. The van der Waals surface area contributed by atoms with Crippen molar-refractivity contribution in [2.45, 2.75) is 13.8 Å². The first-order valence-electron chi connectivity index (χ1n) is 4.36. The minimum absolute atomic E-state index is 0.940. The fourth-order valence-corrected chi connectivity index (χ4v) is 2.59. The van der Waals surface area contributed by atoms with Gasteiger partial charge in [0, 0.05) is 10.9 Å². The topological polar surface area (TPSA) is 12.9 Å². The van der Waals surface area contributed by atoms with Crippen LogP contribution in [0.15, 0.2) is 27.5 Å². The van der Waals surface area contributed by atoms with Crippen molar-refractivity contribution in [2.24, 2.45) is 0 Å². The van der Waals surface area contributed by atoms with Gasteiger partial charge < -0.3 is 0 Å². The largest absolute Gasteiger partial charge is 0.229 e. The van der Waals surface area contributed by atoms with E-state index < -0.39 is 0 Å². The molecule has 0 fully saturated rings. The summed E-state index contributed by atoms with van der Waals surface area (Å²) < 4.78 is 0.940. The normalized spacial score (nSPS) is 10.5. The van der Waals surface area contributed by atoms with Gasteiger partial charge in [-0.25, -0.2) is 4.98 Å². The number of thiazole rings is 1. The highest BCUT2D eigenvalue weighted by molar-refractivity contribution is 9.11. The highest BCUT2D eigenvalue weighted by Crippen LogP contribution is 2.29. The van der Waals surface area contributed by atoms with Crippen LogP contribution in [0.3, 0.4) is 0 Å². The molecular weight excluding hydrogens is 258 g/mol. The van der Waals surface area contributed by atoms with Crippen LogP contribution in [0.25, 0.3) is 11.3 Å². The first kappa shape index (κ1) is 9.87. The molecule has 1 aromatic heterocycles. The number of halogens is 1. The molecule has 1 aromatic carbocycles. The smallest absolute Gasteiger partial charge is 0.159 e. The van der Waals surface area contributed by atoms with E-state index in [1.165, 1.54) is 16.7 Å². The number of rotatable bonds is 1. The van der Waals surface area contributed by atoms with Crippen LogP contribution >= 0.6 is 27.3 Å². The van der Waals surface area contributed by atoms with Gasteiger partial charge in [0.25, 0.3) is 0 Å². The lowest BCUT2D eigenvalue weighted by Crippen LogP contribution is -1.87. The quantitative estimate of drug-likeness (QED) is 0.755. The van der Waals surface area contributed by atoms with Crippen molar-refractivity contribution in [1.82, 2.24) is 4.98 Å². The maximum absolute atomic E-state index is 4.44. The van der Waals surface area contributed by atoms with Gasteiger partial charge in [-0.15, -0.1) is 11.3 Å². The molecule has 0 aliphatic carbocycles. The van der Waals surface area contributed by atoms with Gasteiger partial charge in [-0.2, -0.15) is 0 Å². The summed E-state index contributed by atoms with van der Waals surface area (Å²) in [6.07, 6.45) is 0. The van der Waals surface area contributed by atoms with Crippen molar-refractivity contribution in [3.63, 3.8) is 0 Å². The third kappa shape index (κ3) is 1.74. The second-order valence-corrected chi connectivity index (χ2v) is 5.39. The molecule has 0 bridgehead atoms. The van der Waals surface area contributed by atoms with Gasteiger partial charge >= 0.3 is 0 Å². The molecular formula is C11H10BrNS. The van der Waals surface area contributed by atoms with Crippen molar-refractivity contribution in [3.8, 4) is 11.3 Å². The maximum Gasteiger partial charge on any atom is 0.159 e. The molecule has 72 valence electrons. The first-order valence-corrected chi connectivity index (χ1v) is 6.03. The molecule has 0 saturated heterocycles. The summed E-state index contributed by atoms with van der Waals surface area (Å²) in [6, 6.07) is 6.32. The van der Waals surface area contributed by atoms with E-state index in [9.17, 15) is 0 Å². The molecule has 0 atom stereocenters. The Morgan fingerprint density at radius 2 is 1.86 bits per heavy atom. The molecule has 0 saturated carbocycles. The summed E-state index contributed by atoms with van der Waals surface area (Å²) in [5.41, 5.74) is 4.89. The Hall–Kier alpha value is -0.670. The summed E-state index contributed by atoms with van der Waals surface area (Å²) in [5, 5.41) is 2.08. The van der Waals surface area contributed by atoms with E-state index in [1.54, 1.807) is 11.3 Å². The predicted octanol–water partition coefficient (Wildman–Crippen LogP) is 4.19. The number of benzene rings is 1. The van der Waals surface area contributed by atoms with Crippen LogP contribution in [0.1, 0.15) is 11.1 Å². The molecule has 1 heterocycles. The predicted molar refractivity (Wildman–Crippen MR) is 64.7 cm³/mol. The van der Waals surface area contributed by atoms with Crippen molar-refractivity contribution in [1.29, 1.82) is 0 Å². The van der Waals surface area contributed by atoms with Gasteiger partial charge in [0.1, 0.15) is 0 Å². The van der Waals surface area contributed by atoms with Gasteiger partial charge in [-0.1, -0.05) is 18.2 Å². The fourth-order valence-electron chi connectivity index (χ4n) is 1.59. The minimum Gasteiger partial charge on any atom is -0.229 e. The van der Waals surface area contributed by atoms with Gasteiger partial charge in [-0.05, 0) is 40.9 Å². The number of hydrogen-bond acceptors (Lipinski definition) is 2. The summed E-state index contributed by atoms with van der Waals surface area (Å²) in [7, 11) is 0. The zero-order chi connectivity index (χ0) is 10.1. The molecule has 0 aliphatic heterocycles. The average Bonchev–Trinajstić information content (AvgIpc) is 2.51. The number of aromatic nitrogens is 1. The molecule has 0 unspecified atom stereocenters. The van der Waals surface area contributed by atoms with E-state index >= 15 is 0 Å². The lowest BCUT2D eigenvalue weighted by molar-refractivity contribution is 1.31. The molecule has 3 heteroatoms. The Bertz CT molecular complexity index is 442. The van der Waals surface area contributed by atoms with Crippen LogP contribution in [0.2, 0.25) is 0 Å². The van der Waals surface area contributed by atoms with Crippen molar-refractivity contribution < 1.29 is 0 Å². The molecule has 2 rings (SSSR count). The van der Waals surface area contributed by atoms with Gasteiger partial charge in [0.05, 0.1) is 5.69 Å². The summed E-state index contributed by atoms with van der Waals surface area (Å²) >= 11 is 5.01. The summed E-state index contributed by atoms with van der Waals surface area (Å²) in [6.45, 7) is 4.24. The number of nitrogens with zero attached hydrogens (tertiary/aromatic N) is 1. The zero-order valence-corrected chi connectivity index (χ0v) is 10.4. The molecule has 2 aromatic rings. The number of hydrogen-bond donors (Lipinski definition) is 0. The zero-order valence-electron chi connectivity index (χ0n) is 8.04. The van der Waals surface area contributed by atoms with Crippen LogP contribution in [-0.4, -0.2) is 4.98 Å². The Kier molecular flexibility index (Phi) is 2.70. The van der Waals surface area contributed by atoms with Crippen molar-refractivity contribution >= 4 is 27.3 Å². The Labute approximate surface area is 95.9 Å². The maximum atomic E-state index is 4.44. The summed E-state index contributed by atoms with van der Waals surface area (Å²) in [4.78, 5) is 4.44. The third-order valence-corrected chi connectivity index (χ3v) is 3.58. The minimum atomic E-state index is 0.940. The van der Waals surface area contributed by atoms with Crippen LogP contribution in [0.4, 0.5) is 0 Å². The third-order valence-electron chi connectivity index (χ3n) is 2.21. The second kappa shape index (κ2) is 3.83. The Balaban J connectivity index is 2.61. The molecule has 0 amide bonds. The van der Waals surface area contributed by atoms with Crippen LogP contribution in [0.5, 0.6) is 0 Å². The van der Waals surface area contributed by atoms with Crippen LogP contribution < -0.4 is 0 Å². The molecule has 0 radical (unpaired) electrons. The van der Waals surface area contributed by atoms with E-state index in [2.05, 4.69) is 58.3 Å². The number of aryl methyl sites for hydroxylation is 2. The highest BCUT2D eigenvalue weighted by Gasteiger charge is 2.07. The molecule has 0 aliphatic rings. The van der Waals surface area contributed by atoms with Gasteiger partial charge in [-0.3, -0.25) is 0 Å². The Morgan fingerprint density at radius 3 is 2.36 bits per heavy atom. The van der Waals surface area contributed by atoms with E-state index in [1.807, 2.05) is 0 Å². The van der Waals surface area contributed by atoms with E-state index in [0.717, 1.165) is 9.61 Å². The first-order chi connectivity index (χ1) is 6.68. The van der Waals surface area contributed by atoms with Crippen molar-refractivity contribution in [2.75, 3.05) is 0 Å². The van der Waals surface area contributed by atoms with Gasteiger partial charge in [0.15, 0.2) is 3.92 Å². The van der Waals surface area contributed by atoms with Crippen molar-refractivity contribution in [3.05, 3.63) is 38.6 Å². The van der Waals surface area contributed by atoms with Crippen LogP contribution in [0, 0.1) is 13.8 Å². The monoisotopic (exact) mass is 267 g/mol. The second-order valence-electron chi connectivity index (χ2n) is 3.25. The molecule has 1 nitrogen and oxygen atoms in total. The van der Waals surface area contributed by atoms with E-state index in [0.29, 0.717) is 0 Å². The SMILES string of the molecule is Cc1cccc(C)c1-c1csc(Br)n1. The van der Waals surface area contributed by atoms with E-state index in [-0.39, 0.29) is 0 Å². The van der Waals surface area contributed by atoms with Crippen LogP contribution in [-0.2, 0) is 0 Å². The lowest BCUT2D eigenvalue weighted by atomic mass is 10.0. The average molecular weight is 268 g/mol. The molecule has 14 heavy (non-hydrogen) atoms. The lowest BCUT2D eigenvalue weighted by Gasteiger charge is -2.05. The fraction of sp³-hybridized carbons (Fsp3) is 0.182. The van der Waals surface area contributed by atoms with E-state index in [4.69, 9.17) is 0 Å². The standard InChI is InChI=1S/C11H10BrNS/c1-7-4-3-5-8(2)10(7)9-6-14-11(12)13-9/h3-6H,1-2H3. The Morgan fingerprint density at radius 1 is 1.21 bits per heavy atom. The molecule has 0 N–H and O–H groups in total. The highest BCUT2D eigenvalue weighted by atomic mass is 79.9. The van der Waals surface area contributed by atoms with Gasteiger partial charge in [0.2, 0.25) is 0 Å². The summed E-state index contributed by atoms with van der Waals surface area (Å²) in [5.74, 6) is 0.